The van der Waals surface area contributed by atoms with Crippen LogP contribution >= 0.6 is 15.9 Å². The number of aromatic nitrogens is 1. The minimum atomic E-state index is -0.136. The van der Waals surface area contributed by atoms with E-state index < -0.39 is 0 Å². The van der Waals surface area contributed by atoms with Gasteiger partial charge in [0.05, 0.1) is 0 Å². The number of anilines is 1. The summed E-state index contributed by atoms with van der Waals surface area (Å²) in [6.45, 7) is 1.01. The first kappa shape index (κ1) is 16.7. The van der Waals surface area contributed by atoms with Crippen LogP contribution in [0.2, 0.25) is 0 Å². The van der Waals surface area contributed by atoms with Gasteiger partial charge in [-0.05, 0) is 56.4 Å². The number of carbonyl (C=O) groups is 1. The molecule has 2 aromatic carbocycles. The van der Waals surface area contributed by atoms with E-state index >= 15 is 0 Å². The number of rotatable bonds is 5. The quantitative estimate of drug-likeness (QED) is 0.688. The van der Waals surface area contributed by atoms with Crippen LogP contribution in [0.25, 0.3) is 10.9 Å². The Labute approximate surface area is 150 Å². The van der Waals surface area contributed by atoms with Gasteiger partial charge < -0.3 is 15.2 Å². The number of aromatic amines is 1. The van der Waals surface area contributed by atoms with Gasteiger partial charge in [-0.25, -0.2) is 0 Å². The second kappa shape index (κ2) is 7.20. The molecule has 124 valence electrons. The number of H-pyrrole nitrogens is 1. The Morgan fingerprint density at radius 2 is 1.88 bits per heavy atom. The number of hydrogen-bond acceptors (Lipinski definition) is 2. The van der Waals surface area contributed by atoms with Gasteiger partial charge in [0.1, 0.15) is 5.69 Å². The molecule has 2 N–H and O–H groups in total. The average Bonchev–Trinajstić information content (AvgIpc) is 2.97. The zero-order chi connectivity index (χ0) is 17.1. The molecule has 4 nitrogen and oxygen atoms in total. The zero-order valence-electron chi connectivity index (χ0n) is 13.8. The van der Waals surface area contributed by atoms with Crippen molar-refractivity contribution < 1.29 is 4.79 Å². The molecule has 3 aromatic rings. The van der Waals surface area contributed by atoms with E-state index in [0.29, 0.717) is 5.69 Å². The molecule has 0 bridgehead atoms. The lowest BCUT2D eigenvalue weighted by Gasteiger charge is -2.10. The van der Waals surface area contributed by atoms with E-state index in [1.165, 1.54) is 5.56 Å². The first-order valence-electron chi connectivity index (χ1n) is 7.84. The van der Waals surface area contributed by atoms with Crippen LogP contribution in [0.3, 0.4) is 0 Å². The summed E-state index contributed by atoms with van der Waals surface area (Å²) in [4.78, 5) is 17.7. The van der Waals surface area contributed by atoms with Crippen molar-refractivity contribution in [1.29, 1.82) is 0 Å². The highest BCUT2D eigenvalue weighted by Gasteiger charge is 2.10. The molecule has 0 aliphatic rings. The summed E-state index contributed by atoms with van der Waals surface area (Å²) in [6, 6.07) is 15.8. The monoisotopic (exact) mass is 385 g/mol. The minimum Gasteiger partial charge on any atom is -0.350 e. The lowest BCUT2D eigenvalue weighted by Crippen LogP contribution is -2.15. The molecule has 3 rings (SSSR count). The molecule has 0 fully saturated rings. The molecule has 0 saturated carbocycles. The molecule has 0 radical (unpaired) electrons. The summed E-state index contributed by atoms with van der Waals surface area (Å²) < 4.78 is 0.983. The molecule has 0 aliphatic carbocycles. The van der Waals surface area contributed by atoms with Crippen LogP contribution < -0.4 is 5.32 Å². The van der Waals surface area contributed by atoms with Crippen LogP contribution in [0.5, 0.6) is 0 Å². The van der Waals surface area contributed by atoms with Crippen LogP contribution in [0.15, 0.2) is 53.0 Å². The topological polar surface area (TPSA) is 48.1 Å². The molecule has 0 spiro atoms. The highest BCUT2D eigenvalue weighted by atomic mass is 79.9. The Hall–Kier alpha value is -2.11. The molecule has 0 unspecified atom stereocenters. The van der Waals surface area contributed by atoms with Gasteiger partial charge in [-0.3, -0.25) is 4.79 Å². The van der Waals surface area contributed by atoms with Gasteiger partial charge in [0, 0.05) is 27.6 Å². The Morgan fingerprint density at radius 3 is 2.58 bits per heavy atom. The highest BCUT2D eigenvalue weighted by molar-refractivity contribution is 9.10. The Bertz CT molecular complexity index is 853. The first-order valence-corrected chi connectivity index (χ1v) is 8.64. The van der Waals surface area contributed by atoms with Gasteiger partial charge in [-0.1, -0.05) is 34.1 Å². The second-order valence-corrected chi connectivity index (χ2v) is 7.03. The number of fused-ring (bicyclic) bond motifs is 1. The number of hydrogen-bond donors (Lipinski definition) is 2. The summed E-state index contributed by atoms with van der Waals surface area (Å²) >= 11 is 3.44. The van der Waals surface area contributed by atoms with Gasteiger partial charge in [-0.2, -0.15) is 0 Å². The Kier molecular flexibility index (Phi) is 5.02. The SMILES string of the molecule is CN(C)CCc1ccc(NC(=O)c2cc3ccc(Br)cc3[nH]2)cc1. The van der Waals surface area contributed by atoms with Crippen LogP contribution in [-0.2, 0) is 6.42 Å². The van der Waals surface area contributed by atoms with E-state index in [9.17, 15) is 4.79 Å². The van der Waals surface area contributed by atoms with Crippen molar-refractivity contribution in [3.63, 3.8) is 0 Å². The molecule has 5 heteroatoms. The third kappa shape index (κ3) is 4.04. The maximum absolute atomic E-state index is 12.4. The molecular formula is C19H20BrN3O. The maximum Gasteiger partial charge on any atom is 0.272 e. The Balaban J connectivity index is 1.69. The third-order valence-corrected chi connectivity index (χ3v) is 4.38. The summed E-state index contributed by atoms with van der Waals surface area (Å²) in [5, 5.41) is 3.95. The summed E-state index contributed by atoms with van der Waals surface area (Å²) in [5.74, 6) is -0.136. The lowest BCUT2D eigenvalue weighted by molar-refractivity contribution is 0.102. The Morgan fingerprint density at radius 1 is 1.12 bits per heavy atom. The molecule has 1 heterocycles. The van der Waals surface area contributed by atoms with Crippen molar-refractivity contribution in [2.45, 2.75) is 6.42 Å². The van der Waals surface area contributed by atoms with Crippen LogP contribution in [0.1, 0.15) is 16.1 Å². The fraction of sp³-hybridized carbons (Fsp3) is 0.211. The van der Waals surface area contributed by atoms with Gasteiger partial charge in [0.2, 0.25) is 0 Å². The number of carbonyl (C=O) groups excluding carboxylic acids is 1. The first-order chi connectivity index (χ1) is 11.5. The van der Waals surface area contributed by atoms with E-state index in [2.05, 4.69) is 57.4 Å². The molecular weight excluding hydrogens is 366 g/mol. The van der Waals surface area contributed by atoms with Gasteiger partial charge >= 0.3 is 0 Å². The largest absolute Gasteiger partial charge is 0.350 e. The number of nitrogens with one attached hydrogen (secondary N) is 2. The van der Waals surface area contributed by atoms with Crippen molar-refractivity contribution in [1.82, 2.24) is 9.88 Å². The van der Waals surface area contributed by atoms with Crippen molar-refractivity contribution >= 4 is 38.4 Å². The van der Waals surface area contributed by atoms with Crippen molar-refractivity contribution in [2.24, 2.45) is 0 Å². The number of halogens is 1. The third-order valence-electron chi connectivity index (χ3n) is 3.89. The van der Waals surface area contributed by atoms with Gasteiger partial charge in [0.15, 0.2) is 0 Å². The van der Waals surface area contributed by atoms with Gasteiger partial charge in [-0.15, -0.1) is 0 Å². The van der Waals surface area contributed by atoms with E-state index in [4.69, 9.17) is 0 Å². The predicted molar refractivity (Wildman–Crippen MR) is 103 cm³/mol. The smallest absolute Gasteiger partial charge is 0.272 e. The summed E-state index contributed by atoms with van der Waals surface area (Å²) in [6.07, 6.45) is 0.998. The maximum atomic E-state index is 12.4. The molecule has 1 aromatic heterocycles. The second-order valence-electron chi connectivity index (χ2n) is 6.12. The van der Waals surface area contributed by atoms with Crippen LogP contribution in [0.4, 0.5) is 5.69 Å². The van der Waals surface area contributed by atoms with Gasteiger partial charge in [0.25, 0.3) is 5.91 Å². The number of nitrogens with zero attached hydrogens (tertiary/aromatic N) is 1. The number of likely N-dealkylation sites (N-methyl/N-ethyl adjacent to an activating group) is 1. The van der Waals surface area contributed by atoms with Crippen molar-refractivity contribution in [2.75, 3.05) is 26.0 Å². The predicted octanol–water partition coefficient (Wildman–Crippen LogP) is 4.29. The van der Waals surface area contributed by atoms with Crippen LogP contribution in [0, 0.1) is 0 Å². The van der Waals surface area contributed by atoms with Crippen LogP contribution in [-0.4, -0.2) is 36.4 Å². The number of benzene rings is 2. The van der Waals surface area contributed by atoms with Crippen molar-refractivity contribution in [3.8, 4) is 0 Å². The summed E-state index contributed by atoms with van der Waals surface area (Å²) in [5.41, 5.74) is 3.55. The highest BCUT2D eigenvalue weighted by Crippen LogP contribution is 2.21. The molecule has 0 aliphatic heterocycles. The summed E-state index contributed by atoms with van der Waals surface area (Å²) in [7, 11) is 4.13. The van der Waals surface area contributed by atoms with E-state index in [-0.39, 0.29) is 5.91 Å². The molecule has 0 saturated heterocycles. The fourth-order valence-corrected chi connectivity index (χ4v) is 2.89. The van der Waals surface area contributed by atoms with E-state index in [0.717, 1.165) is 34.0 Å². The molecule has 0 atom stereocenters. The minimum absolute atomic E-state index is 0.136. The average molecular weight is 386 g/mol. The fourth-order valence-electron chi connectivity index (χ4n) is 2.53. The van der Waals surface area contributed by atoms with Crippen molar-refractivity contribution in [3.05, 3.63) is 64.3 Å². The zero-order valence-corrected chi connectivity index (χ0v) is 15.4. The lowest BCUT2D eigenvalue weighted by atomic mass is 10.1. The normalized spacial score (nSPS) is 11.2. The molecule has 24 heavy (non-hydrogen) atoms. The number of amides is 1. The van der Waals surface area contributed by atoms with E-state index in [1.807, 2.05) is 36.4 Å². The van der Waals surface area contributed by atoms with E-state index in [1.54, 1.807) is 0 Å². The standard InChI is InChI=1S/C19H20BrN3O/c1-23(2)10-9-13-3-7-16(8-4-13)21-19(24)18-11-14-5-6-15(20)12-17(14)22-18/h3-8,11-12,22H,9-10H2,1-2H3,(H,21,24). The molecule has 1 amide bonds.